The number of hydrogen-bond acceptors (Lipinski definition) is 4. The number of benzene rings is 2. The topological polar surface area (TPSA) is 85.6 Å². The third-order valence-corrected chi connectivity index (χ3v) is 2.46. The number of anilines is 1. The number of halogens is 5. The largest absolute Gasteiger partial charge is 0.321 e. The minimum atomic E-state index is -1.29. The quantitative estimate of drug-likeness (QED) is 0.365. The lowest BCUT2D eigenvalue weighted by molar-refractivity contribution is 0.494. The van der Waals surface area contributed by atoms with E-state index in [1.54, 1.807) is 0 Å². The zero-order valence-corrected chi connectivity index (χ0v) is 11.2. The van der Waals surface area contributed by atoms with Gasteiger partial charge in [-0.15, -0.1) is 0 Å². The van der Waals surface area contributed by atoms with Crippen molar-refractivity contribution in [2.45, 2.75) is 0 Å². The molecule has 23 heavy (non-hydrogen) atoms. The highest BCUT2D eigenvalue weighted by Crippen LogP contribution is 2.17. The Labute approximate surface area is 127 Å². The Morgan fingerprint density at radius 3 is 1.61 bits per heavy atom. The van der Waals surface area contributed by atoms with Gasteiger partial charge in [0, 0.05) is 12.1 Å². The van der Waals surface area contributed by atoms with Crippen molar-refractivity contribution in [3.63, 3.8) is 0 Å². The van der Waals surface area contributed by atoms with Crippen LogP contribution in [0.3, 0.4) is 0 Å². The van der Waals surface area contributed by atoms with Crippen LogP contribution in [0.25, 0.3) is 0 Å². The molecule has 0 saturated carbocycles. The molecule has 0 saturated heterocycles. The number of nitriles is 2. The maximum absolute atomic E-state index is 12.8. The number of nitrogen functional groups attached to an aromatic ring is 1. The van der Waals surface area contributed by atoms with Crippen molar-refractivity contribution < 1.29 is 22.0 Å². The fraction of sp³-hybridized carbons (Fsp3) is 0. The normalized spacial score (nSPS) is 9.22. The minimum Gasteiger partial charge on any atom is -0.321 e. The minimum absolute atomic E-state index is 0.175. The van der Waals surface area contributed by atoms with Gasteiger partial charge in [0.1, 0.15) is 29.6 Å². The van der Waals surface area contributed by atoms with E-state index in [9.17, 15) is 22.0 Å². The summed E-state index contributed by atoms with van der Waals surface area (Å²) < 4.78 is 62.3. The van der Waals surface area contributed by atoms with Crippen LogP contribution in [0.15, 0.2) is 24.3 Å². The summed E-state index contributed by atoms with van der Waals surface area (Å²) in [7, 11) is 0. The van der Waals surface area contributed by atoms with Crippen molar-refractivity contribution >= 4 is 5.69 Å². The van der Waals surface area contributed by atoms with Crippen LogP contribution in [0.5, 0.6) is 0 Å². The van der Waals surface area contributed by atoms with Crippen molar-refractivity contribution in [2.75, 3.05) is 5.43 Å². The Kier molecular flexibility index (Phi) is 6.01. The summed E-state index contributed by atoms with van der Waals surface area (Å²) in [6.45, 7) is 0. The van der Waals surface area contributed by atoms with Crippen LogP contribution in [0.4, 0.5) is 27.6 Å². The maximum Gasteiger partial charge on any atom is 0.161 e. The van der Waals surface area contributed by atoms with E-state index in [1.807, 2.05) is 5.43 Å². The van der Waals surface area contributed by atoms with Crippen LogP contribution in [0.2, 0.25) is 0 Å². The molecule has 9 heteroatoms. The predicted octanol–water partition coefficient (Wildman–Crippen LogP) is 3.10. The summed E-state index contributed by atoms with van der Waals surface area (Å²) in [5, 5.41) is 16.5. The molecule has 0 bridgehead atoms. The van der Waals surface area contributed by atoms with Crippen LogP contribution in [-0.2, 0) is 0 Å². The second kappa shape index (κ2) is 7.73. The molecule has 0 fully saturated rings. The van der Waals surface area contributed by atoms with Crippen molar-refractivity contribution in [1.29, 1.82) is 10.5 Å². The van der Waals surface area contributed by atoms with Crippen molar-refractivity contribution in [1.82, 2.24) is 0 Å². The fourth-order valence-electron chi connectivity index (χ4n) is 1.35. The summed E-state index contributed by atoms with van der Waals surface area (Å²) in [5.41, 5.74) is 0.951. The zero-order chi connectivity index (χ0) is 17.6. The van der Waals surface area contributed by atoms with Gasteiger partial charge in [-0.25, -0.2) is 22.0 Å². The van der Waals surface area contributed by atoms with E-state index in [0.717, 1.165) is 12.1 Å². The molecule has 0 aliphatic carbocycles. The van der Waals surface area contributed by atoms with Gasteiger partial charge in [-0.1, -0.05) is 0 Å². The molecule has 0 spiro atoms. The van der Waals surface area contributed by atoms with E-state index in [0.29, 0.717) is 12.1 Å². The van der Waals surface area contributed by atoms with E-state index in [4.69, 9.17) is 16.4 Å². The Morgan fingerprint density at radius 2 is 1.13 bits per heavy atom. The fourth-order valence-corrected chi connectivity index (χ4v) is 1.35. The highest BCUT2D eigenvalue weighted by molar-refractivity contribution is 5.48. The number of nitrogens with two attached hydrogens (primary N) is 1. The van der Waals surface area contributed by atoms with Crippen LogP contribution >= 0.6 is 0 Å². The van der Waals surface area contributed by atoms with E-state index in [2.05, 4.69) is 0 Å². The highest BCUT2D eigenvalue weighted by Gasteiger charge is 2.08. The van der Waals surface area contributed by atoms with Crippen LogP contribution in [-0.4, -0.2) is 0 Å². The molecule has 118 valence electrons. The monoisotopic (exact) mass is 326 g/mol. The molecule has 3 N–H and O–H groups in total. The first-order valence-electron chi connectivity index (χ1n) is 5.74. The summed E-state index contributed by atoms with van der Waals surface area (Å²) >= 11 is 0. The van der Waals surface area contributed by atoms with Gasteiger partial charge in [0.25, 0.3) is 0 Å². The summed E-state index contributed by atoms with van der Waals surface area (Å²) in [6.07, 6.45) is 0. The smallest absolute Gasteiger partial charge is 0.161 e. The summed E-state index contributed by atoms with van der Waals surface area (Å²) in [5.74, 6) is -0.241. The lowest BCUT2D eigenvalue weighted by Crippen LogP contribution is -2.09. The van der Waals surface area contributed by atoms with Gasteiger partial charge in [-0.2, -0.15) is 10.5 Å². The van der Waals surface area contributed by atoms with E-state index >= 15 is 0 Å². The third kappa shape index (κ3) is 4.40. The zero-order valence-electron chi connectivity index (χ0n) is 11.2. The van der Waals surface area contributed by atoms with Crippen molar-refractivity contribution in [3.05, 3.63) is 64.5 Å². The molecule has 0 atom stereocenters. The molecule has 0 amide bonds. The number of nitrogens with zero attached hydrogens (tertiary/aromatic N) is 2. The average Bonchev–Trinajstić information content (AvgIpc) is 2.53. The maximum atomic E-state index is 12.8. The standard InChI is InChI=1S/C7H2F3N.C7H5F2N3/c8-5-2-7(10)6(9)1-4(5)3-11;8-5-2-7(12-11)6(9)1-4(5)3-10/h1-2H;1-2,12H,11H2. The van der Waals surface area contributed by atoms with Gasteiger partial charge in [0.2, 0.25) is 0 Å². The molecule has 0 aliphatic rings. The molecule has 0 aromatic heterocycles. The second-order valence-corrected chi connectivity index (χ2v) is 3.93. The molecule has 0 unspecified atom stereocenters. The molecule has 0 aliphatic heterocycles. The summed E-state index contributed by atoms with van der Waals surface area (Å²) in [6, 6.07) is 5.35. The van der Waals surface area contributed by atoms with Crippen LogP contribution < -0.4 is 11.3 Å². The first-order valence-corrected chi connectivity index (χ1v) is 5.74. The number of nitrogens with one attached hydrogen (secondary N) is 1. The summed E-state index contributed by atoms with van der Waals surface area (Å²) in [4.78, 5) is 0. The van der Waals surface area contributed by atoms with Gasteiger partial charge in [0.15, 0.2) is 11.6 Å². The lowest BCUT2D eigenvalue weighted by Gasteiger charge is -2.01. The van der Waals surface area contributed by atoms with E-state index in [1.165, 1.54) is 12.1 Å². The molecule has 0 radical (unpaired) electrons. The van der Waals surface area contributed by atoms with Gasteiger partial charge >= 0.3 is 0 Å². The average molecular weight is 326 g/mol. The van der Waals surface area contributed by atoms with Gasteiger partial charge in [0.05, 0.1) is 16.8 Å². The van der Waals surface area contributed by atoms with Crippen LogP contribution in [0.1, 0.15) is 11.1 Å². The molecule has 4 nitrogen and oxygen atoms in total. The lowest BCUT2D eigenvalue weighted by atomic mass is 10.2. The van der Waals surface area contributed by atoms with Gasteiger partial charge in [-0.05, 0) is 12.1 Å². The Bertz CT molecular complexity index is 808. The molecule has 0 heterocycles. The first kappa shape index (κ1) is 17.9. The number of hydrazine groups is 1. The predicted molar refractivity (Wildman–Crippen MR) is 69.9 cm³/mol. The van der Waals surface area contributed by atoms with E-state index < -0.39 is 34.6 Å². The highest BCUT2D eigenvalue weighted by atomic mass is 19.2. The molecule has 2 aromatic rings. The Balaban J connectivity index is 0.000000231. The Hall–Kier alpha value is -3.17. The number of hydrogen-bond donors (Lipinski definition) is 2. The van der Waals surface area contributed by atoms with Crippen molar-refractivity contribution in [2.24, 2.45) is 5.84 Å². The second-order valence-electron chi connectivity index (χ2n) is 3.93. The molecular formula is C14H7F5N4. The third-order valence-electron chi connectivity index (χ3n) is 2.46. The molecule has 2 aromatic carbocycles. The van der Waals surface area contributed by atoms with Crippen LogP contribution in [0, 0.1) is 51.7 Å². The molecular weight excluding hydrogens is 319 g/mol. The van der Waals surface area contributed by atoms with Gasteiger partial charge in [-0.3, -0.25) is 5.84 Å². The SMILES string of the molecule is N#Cc1cc(F)c(F)cc1F.N#Cc1cc(F)c(NN)cc1F. The van der Waals surface area contributed by atoms with Gasteiger partial charge < -0.3 is 5.43 Å². The number of rotatable bonds is 1. The first-order chi connectivity index (χ1) is 10.8. The Morgan fingerprint density at radius 1 is 0.696 bits per heavy atom. The van der Waals surface area contributed by atoms with Crippen molar-refractivity contribution in [3.8, 4) is 12.1 Å². The molecule has 2 rings (SSSR count). The van der Waals surface area contributed by atoms with E-state index in [-0.39, 0.29) is 11.3 Å².